The standard InChI is InChI=1S/C3H3N3O.2ClH/c7-3-1-2-4-6-5-3;;/h1-2H,(H,4,5,7);2*1H. The van der Waals surface area contributed by atoms with E-state index in [0.717, 1.165) is 0 Å². The average molecular weight is 170 g/mol. The maximum atomic E-state index is 10.1. The maximum Gasteiger partial charge on any atom is 0.267 e. The smallest absolute Gasteiger partial charge is 0.267 e. The van der Waals surface area contributed by atoms with Gasteiger partial charge in [0.1, 0.15) is 0 Å². The van der Waals surface area contributed by atoms with Crippen molar-refractivity contribution in [3.8, 4) is 0 Å². The van der Waals surface area contributed by atoms with E-state index in [9.17, 15) is 4.79 Å². The Bertz CT molecular complexity index is 183. The second kappa shape index (κ2) is 5.53. The molecule has 1 heterocycles. The predicted molar refractivity (Wildman–Crippen MR) is 37.1 cm³/mol. The van der Waals surface area contributed by atoms with Crippen LogP contribution in [0.4, 0.5) is 0 Å². The van der Waals surface area contributed by atoms with Crippen molar-refractivity contribution in [1.82, 2.24) is 15.4 Å². The molecule has 0 aliphatic rings. The Balaban J connectivity index is 0. The number of aromatic nitrogens is 3. The van der Waals surface area contributed by atoms with E-state index in [1.54, 1.807) is 0 Å². The van der Waals surface area contributed by atoms with Crippen molar-refractivity contribution >= 4 is 24.8 Å². The van der Waals surface area contributed by atoms with Crippen LogP contribution in [-0.2, 0) is 0 Å². The zero-order valence-electron chi connectivity index (χ0n) is 4.27. The lowest BCUT2D eigenvalue weighted by Crippen LogP contribution is -2.05. The number of H-pyrrole nitrogens is 1. The van der Waals surface area contributed by atoms with Crippen molar-refractivity contribution in [2.24, 2.45) is 0 Å². The molecule has 0 amide bonds. The highest BCUT2D eigenvalue weighted by molar-refractivity contribution is 5.85. The molecule has 0 saturated carbocycles. The Morgan fingerprint density at radius 3 is 2.33 bits per heavy atom. The van der Waals surface area contributed by atoms with Gasteiger partial charge in [0.25, 0.3) is 5.56 Å². The number of hydrogen-bond acceptors (Lipinski definition) is 3. The first-order valence-electron chi connectivity index (χ1n) is 1.76. The summed E-state index contributed by atoms with van der Waals surface area (Å²) in [5, 5.41) is 8.65. The molecule has 6 heteroatoms. The molecule has 0 radical (unpaired) electrons. The summed E-state index contributed by atoms with van der Waals surface area (Å²) in [5.41, 5.74) is -0.227. The Morgan fingerprint density at radius 1 is 1.44 bits per heavy atom. The quantitative estimate of drug-likeness (QED) is 0.596. The van der Waals surface area contributed by atoms with Gasteiger partial charge in [-0.05, 0) is 0 Å². The van der Waals surface area contributed by atoms with E-state index in [1.807, 2.05) is 0 Å². The topological polar surface area (TPSA) is 58.6 Å². The molecule has 1 N–H and O–H groups in total. The van der Waals surface area contributed by atoms with Crippen LogP contribution in [0, 0.1) is 0 Å². The molecule has 0 atom stereocenters. The fourth-order valence-corrected chi connectivity index (χ4v) is 0.250. The van der Waals surface area contributed by atoms with Crippen LogP contribution < -0.4 is 5.56 Å². The SMILES string of the molecule is Cl.Cl.O=c1ccnn[nH]1. The van der Waals surface area contributed by atoms with Gasteiger partial charge in [0.15, 0.2) is 0 Å². The molecule has 0 aliphatic heterocycles. The highest BCUT2D eigenvalue weighted by Gasteiger charge is 1.71. The Labute approximate surface area is 63.5 Å². The van der Waals surface area contributed by atoms with Crippen molar-refractivity contribution in [2.75, 3.05) is 0 Å². The van der Waals surface area contributed by atoms with E-state index in [2.05, 4.69) is 15.4 Å². The molecule has 0 aliphatic carbocycles. The van der Waals surface area contributed by atoms with Crippen LogP contribution >= 0.6 is 24.8 Å². The number of rotatable bonds is 0. The van der Waals surface area contributed by atoms with Gasteiger partial charge in [-0.1, -0.05) is 5.21 Å². The van der Waals surface area contributed by atoms with Crippen molar-refractivity contribution in [2.45, 2.75) is 0 Å². The van der Waals surface area contributed by atoms with E-state index >= 15 is 0 Å². The highest BCUT2D eigenvalue weighted by atomic mass is 35.5. The van der Waals surface area contributed by atoms with Gasteiger partial charge in [0.05, 0.1) is 6.20 Å². The maximum absolute atomic E-state index is 10.1. The summed E-state index contributed by atoms with van der Waals surface area (Å²) in [4.78, 5) is 10.1. The van der Waals surface area contributed by atoms with Crippen LogP contribution in [0.25, 0.3) is 0 Å². The van der Waals surface area contributed by atoms with Gasteiger partial charge < -0.3 is 0 Å². The molecule has 1 aromatic heterocycles. The molecule has 52 valence electrons. The lowest BCUT2D eigenvalue weighted by Gasteiger charge is -1.71. The summed E-state index contributed by atoms with van der Waals surface area (Å²) in [5.74, 6) is 0. The molecule has 0 aromatic carbocycles. The summed E-state index contributed by atoms with van der Waals surface area (Å²) in [6.45, 7) is 0. The van der Waals surface area contributed by atoms with E-state index < -0.39 is 0 Å². The van der Waals surface area contributed by atoms with Crippen LogP contribution in [-0.4, -0.2) is 15.4 Å². The largest absolute Gasteiger partial charge is 0.268 e. The van der Waals surface area contributed by atoms with Crippen LogP contribution in [0.2, 0.25) is 0 Å². The van der Waals surface area contributed by atoms with Crippen LogP contribution in [0.1, 0.15) is 0 Å². The zero-order valence-corrected chi connectivity index (χ0v) is 5.91. The summed E-state index contributed by atoms with van der Waals surface area (Å²) in [7, 11) is 0. The number of nitrogens with zero attached hydrogens (tertiary/aromatic N) is 2. The van der Waals surface area contributed by atoms with Crippen molar-refractivity contribution in [3.05, 3.63) is 22.6 Å². The van der Waals surface area contributed by atoms with Crippen LogP contribution in [0.3, 0.4) is 0 Å². The third-order valence-corrected chi connectivity index (χ3v) is 0.511. The number of aromatic amines is 1. The number of halogens is 2. The first-order chi connectivity index (χ1) is 3.39. The van der Waals surface area contributed by atoms with E-state index in [1.165, 1.54) is 12.3 Å². The minimum Gasteiger partial charge on any atom is -0.268 e. The van der Waals surface area contributed by atoms with Gasteiger partial charge in [0.2, 0.25) is 0 Å². The fourth-order valence-electron chi connectivity index (χ4n) is 0.250. The third kappa shape index (κ3) is 3.93. The van der Waals surface area contributed by atoms with Crippen molar-refractivity contribution in [1.29, 1.82) is 0 Å². The van der Waals surface area contributed by atoms with Gasteiger partial charge >= 0.3 is 0 Å². The van der Waals surface area contributed by atoms with Gasteiger partial charge in [-0.2, -0.15) is 0 Å². The lowest BCUT2D eigenvalue weighted by atomic mass is 10.7. The molecular weight excluding hydrogens is 165 g/mol. The van der Waals surface area contributed by atoms with Gasteiger partial charge in [0, 0.05) is 6.07 Å². The summed E-state index contributed by atoms with van der Waals surface area (Å²) >= 11 is 0. The van der Waals surface area contributed by atoms with Crippen LogP contribution in [0.15, 0.2) is 17.1 Å². The van der Waals surface area contributed by atoms with E-state index in [4.69, 9.17) is 0 Å². The lowest BCUT2D eigenvalue weighted by molar-refractivity contribution is 0.840. The number of hydrogen-bond donors (Lipinski definition) is 1. The summed E-state index contributed by atoms with van der Waals surface area (Å²) in [6.07, 6.45) is 1.33. The molecule has 0 unspecified atom stereocenters. The Kier molecular flexibility index (Phi) is 6.89. The average Bonchev–Trinajstić information content (AvgIpc) is 1.69. The number of nitrogens with one attached hydrogen (secondary N) is 1. The molecule has 1 aromatic rings. The molecular formula is C3H5Cl2N3O. The summed E-state index contributed by atoms with van der Waals surface area (Å²) in [6, 6.07) is 1.30. The van der Waals surface area contributed by atoms with E-state index in [0.29, 0.717) is 0 Å². The monoisotopic (exact) mass is 169 g/mol. The van der Waals surface area contributed by atoms with Crippen LogP contribution in [0.5, 0.6) is 0 Å². The molecule has 4 nitrogen and oxygen atoms in total. The second-order valence-corrected chi connectivity index (χ2v) is 1.01. The molecule has 0 fully saturated rings. The normalized spacial score (nSPS) is 6.67. The minimum atomic E-state index is -0.227. The highest BCUT2D eigenvalue weighted by Crippen LogP contribution is 1.52. The third-order valence-electron chi connectivity index (χ3n) is 0.511. The fraction of sp³-hybridized carbons (Fsp3) is 0. The Morgan fingerprint density at radius 2 is 2.11 bits per heavy atom. The minimum absolute atomic E-state index is 0. The van der Waals surface area contributed by atoms with Gasteiger partial charge in [-0.3, -0.25) is 4.79 Å². The first kappa shape index (κ1) is 11.2. The molecule has 0 bridgehead atoms. The van der Waals surface area contributed by atoms with Gasteiger partial charge in [-0.25, -0.2) is 5.10 Å². The molecule has 0 saturated heterocycles. The van der Waals surface area contributed by atoms with Gasteiger partial charge in [-0.15, -0.1) is 29.9 Å². The van der Waals surface area contributed by atoms with E-state index in [-0.39, 0.29) is 30.4 Å². The van der Waals surface area contributed by atoms with Crippen molar-refractivity contribution in [3.63, 3.8) is 0 Å². The van der Waals surface area contributed by atoms with Crippen molar-refractivity contribution < 1.29 is 0 Å². The summed E-state index contributed by atoms with van der Waals surface area (Å²) < 4.78 is 0. The predicted octanol–water partition coefficient (Wildman–Crippen LogP) is 0.00850. The molecule has 0 spiro atoms. The molecule has 9 heavy (non-hydrogen) atoms. The second-order valence-electron chi connectivity index (χ2n) is 1.01. The Hall–Kier alpha value is -0.610. The first-order valence-corrected chi connectivity index (χ1v) is 1.76. The zero-order chi connectivity index (χ0) is 5.11. The molecule has 1 rings (SSSR count).